The molecule has 1 unspecified atom stereocenters. The van der Waals surface area contributed by atoms with Crippen LogP contribution in [0, 0.1) is 3.57 Å². The lowest BCUT2D eigenvalue weighted by Crippen LogP contribution is -1.94. The summed E-state index contributed by atoms with van der Waals surface area (Å²) in [5.74, 6) is 0. The highest BCUT2D eigenvalue weighted by Gasteiger charge is 2.08. The largest absolute Gasteiger partial charge is 0.0876 e. The summed E-state index contributed by atoms with van der Waals surface area (Å²) in [4.78, 5) is 0.430. The zero-order chi connectivity index (χ0) is 9.14. The molecule has 0 saturated heterocycles. The Morgan fingerprint density at radius 1 is 1.50 bits per heavy atom. The molecular weight excluding hydrogens is 395 g/mol. The number of alkyl halides is 2. The van der Waals surface area contributed by atoms with Gasteiger partial charge >= 0.3 is 0 Å². The Morgan fingerprint density at radius 3 is 2.58 bits per heavy atom. The third kappa shape index (κ3) is 2.45. The van der Waals surface area contributed by atoms with Crippen LogP contribution in [0.1, 0.15) is 22.9 Å². The molecular formula is C9H9Br2I. The lowest BCUT2D eigenvalue weighted by atomic mass is 10.1. The van der Waals surface area contributed by atoms with Crippen molar-refractivity contribution in [3.8, 4) is 0 Å². The zero-order valence-corrected chi connectivity index (χ0v) is 12.0. The van der Waals surface area contributed by atoms with Crippen molar-refractivity contribution in [1.29, 1.82) is 0 Å². The van der Waals surface area contributed by atoms with E-state index in [4.69, 9.17) is 0 Å². The van der Waals surface area contributed by atoms with Gasteiger partial charge in [-0.05, 0) is 46.7 Å². The monoisotopic (exact) mass is 402 g/mol. The average Bonchev–Trinajstić information content (AvgIpc) is 2.03. The first kappa shape index (κ1) is 11.0. The molecule has 1 aromatic rings. The van der Waals surface area contributed by atoms with Crippen molar-refractivity contribution in [2.45, 2.75) is 17.1 Å². The van der Waals surface area contributed by atoms with Crippen molar-refractivity contribution in [3.05, 3.63) is 32.9 Å². The summed E-state index contributed by atoms with van der Waals surface area (Å²) in [7, 11) is 0. The van der Waals surface area contributed by atoms with Gasteiger partial charge in [-0.15, -0.1) is 0 Å². The molecule has 0 N–H and O–H groups in total. The van der Waals surface area contributed by atoms with Crippen LogP contribution in [0.15, 0.2) is 18.2 Å². The molecule has 0 aliphatic heterocycles. The van der Waals surface area contributed by atoms with Crippen LogP contribution < -0.4 is 0 Å². The van der Waals surface area contributed by atoms with Gasteiger partial charge in [0.1, 0.15) is 0 Å². The van der Waals surface area contributed by atoms with Crippen LogP contribution in [-0.2, 0) is 5.33 Å². The molecule has 0 saturated carbocycles. The Hall–Kier alpha value is 0.910. The topological polar surface area (TPSA) is 0 Å². The van der Waals surface area contributed by atoms with Crippen LogP contribution >= 0.6 is 54.5 Å². The highest BCUT2D eigenvalue weighted by Crippen LogP contribution is 2.29. The van der Waals surface area contributed by atoms with Crippen LogP contribution in [0.3, 0.4) is 0 Å². The van der Waals surface area contributed by atoms with Gasteiger partial charge in [-0.2, -0.15) is 0 Å². The number of hydrogen-bond acceptors (Lipinski definition) is 0. The van der Waals surface area contributed by atoms with Crippen molar-refractivity contribution >= 4 is 54.5 Å². The average molecular weight is 404 g/mol. The maximum Gasteiger partial charge on any atom is 0.0370 e. The molecule has 0 amide bonds. The minimum absolute atomic E-state index is 0.430. The van der Waals surface area contributed by atoms with Gasteiger partial charge in [-0.25, -0.2) is 0 Å². The summed E-state index contributed by atoms with van der Waals surface area (Å²) in [5, 5.41) is 0.928. The SMILES string of the molecule is CC(Br)c1cccc(I)c1CBr. The van der Waals surface area contributed by atoms with Crippen molar-refractivity contribution in [2.24, 2.45) is 0 Å². The first-order valence-electron chi connectivity index (χ1n) is 3.64. The first-order valence-corrected chi connectivity index (χ1v) is 6.75. The van der Waals surface area contributed by atoms with Crippen LogP contribution in [0.25, 0.3) is 0 Å². The maximum absolute atomic E-state index is 3.58. The normalized spacial score (nSPS) is 13.0. The smallest absolute Gasteiger partial charge is 0.0370 e. The van der Waals surface area contributed by atoms with E-state index < -0.39 is 0 Å². The van der Waals surface area contributed by atoms with E-state index in [9.17, 15) is 0 Å². The molecule has 0 radical (unpaired) electrons. The third-order valence-corrected chi connectivity index (χ3v) is 3.78. The fourth-order valence-corrected chi connectivity index (χ4v) is 3.38. The van der Waals surface area contributed by atoms with E-state index in [1.807, 2.05) is 0 Å². The van der Waals surface area contributed by atoms with Crippen molar-refractivity contribution < 1.29 is 0 Å². The van der Waals surface area contributed by atoms with Crippen LogP contribution in [0.2, 0.25) is 0 Å². The minimum Gasteiger partial charge on any atom is -0.0876 e. The van der Waals surface area contributed by atoms with E-state index in [2.05, 4.69) is 79.6 Å². The predicted octanol–water partition coefficient (Wildman–Crippen LogP) is 4.64. The van der Waals surface area contributed by atoms with E-state index in [0.717, 1.165) is 5.33 Å². The summed E-state index contributed by atoms with van der Waals surface area (Å²) in [6.07, 6.45) is 0. The molecule has 0 fully saturated rings. The molecule has 1 aromatic carbocycles. The highest BCUT2D eigenvalue weighted by atomic mass is 127. The number of halogens is 3. The van der Waals surface area contributed by atoms with Gasteiger partial charge < -0.3 is 0 Å². The summed E-state index contributed by atoms with van der Waals surface area (Å²) in [5.41, 5.74) is 2.77. The van der Waals surface area contributed by atoms with Gasteiger partial charge in [0.25, 0.3) is 0 Å². The lowest BCUT2D eigenvalue weighted by Gasteiger charge is -2.10. The van der Waals surface area contributed by atoms with Crippen molar-refractivity contribution in [2.75, 3.05) is 0 Å². The fraction of sp³-hybridized carbons (Fsp3) is 0.333. The van der Waals surface area contributed by atoms with Gasteiger partial charge in [0.05, 0.1) is 0 Å². The van der Waals surface area contributed by atoms with Gasteiger partial charge in [-0.3, -0.25) is 0 Å². The predicted molar refractivity (Wildman–Crippen MR) is 69.1 cm³/mol. The van der Waals surface area contributed by atoms with Gasteiger partial charge in [0, 0.05) is 13.7 Å². The molecule has 0 aliphatic rings. The molecule has 0 aliphatic carbocycles. The third-order valence-electron chi connectivity index (χ3n) is 1.72. The quantitative estimate of drug-likeness (QED) is 0.498. The summed E-state index contributed by atoms with van der Waals surface area (Å²) in [6, 6.07) is 6.40. The van der Waals surface area contributed by atoms with Crippen molar-refractivity contribution in [3.63, 3.8) is 0 Å². The summed E-state index contributed by atoms with van der Waals surface area (Å²) >= 11 is 9.45. The van der Waals surface area contributed by atoms with E-state index in [-0.39, 0.29) is 0 Å². The number of rotatable bonds is 2. The molecule has 0 bridgehead atoms. The Morgan fingerprint density at radius 2 is 2.17 bits per heavy atom. The second kappa shape index (κ2) is 4.96. The second-order valence-corrected chi connectivity index (χ2v) is 5.65. The standard InChI is InChI=1S/C9H9Br2I/c1-6(11)7-3-2-4-9(12)8(7)5-10/h2-4,6H,5H2,1H3. The molecule has 0 nitrogen and oxygen atoms in total. The maximum atomic E-state index is 3.58. The van der Waals surface area contributed by atoms with E-state index in [0.29, 0.717) is 4.83 Å². The van der Waals surface area contributed by atoms with E-state index in [1.165, 1.54) is 14.7 Å². The van der Waals surface area contributed by atoms with Gasteiger partial charge in [-0.1, -0.05) is 44.0 Å². The van der Waals surface area contributed by atoms with Crippen molar-refractivity contribution in [1.82, 2.24) is 0 Å². The molecule has 1 atom stereocenters. The molecule has 12 heavy (non-hydrogen) atoms. The molecule has 0 spiro atoms. The molecule has 1 rings (SSSR count). The van der Waals surface area contributed by atoms with Crippen LogP contribution in [0.5, 0.6) is 0 Å². The van der Waals surface area contributed by atoms with Gasteiger partial charge in [0.15, 0.2) is 0 Å². The molecule has 0 heterocycles. The highest BCUT2D eigenvalue weighted by molar-refractivity contribution is 14.1. The molecule has 66 valence electrons. The van der Waals surface area contributed by atoms with Crippen LogP contribution in [-0.4, -0.2) is 0 Å². The Labute approximate surface area is 104 Å². The zero-order valence-electron chi connectivity index (χ0n) is 6.65. The Kier molecular flexibility index (Phi) is 4.54. The number of benzene rings is 1. The summed E-state index contributed by atoms with van der Waals surface area (Å²) < 4.78 is 1.33. The fourth-order valence-electron chi connectivity index (χ4n) is 1.09. The van der Waals surface area contributed by atoms with Crippen LogP contribution in [0.4, 0.5) is 0 Å². The Balaban J connectivity index is 3.18. The second-order valence-electron chi connectivity index (χ2n) is 2.56. The lowest BCUT2D eigenvalue weighted by molar-refractivity contribution is 1.08. The van der Waals surface area contributed by atoms with E-state index >= 15 is 0 Å². The minimum atomic E-state index is 0.430. The number of hydrogen-bond donors (Lipinski definition) is 0. The molecule has 3 heteroatoms. The van der Waals surface area contributed by atoms with E-state index in [1.54, 1.807) is 0 Å². The molecule has 0 aromatic heterocycles. The Bertz CT molecular complexity index is 271. The summed E-state index contributed by atoms with van der Waals surface area (Å²) in [6.45, 7) is 2.15. The van der Waals surface area contributed by atoms with Gasteiger partial charge in [0.2, 0.25) is 0 Å². The first-order chi connectivity index (χ1) is 5.66.